The molecule has 0 bridgehead atoms. The summed E-state index contributed by atoms with van der Waals surface area (Å²) < 4.78 is 0. The lowest BCUT2D eigenvalue weighted by atomic mass is 10.1. The van der Waals surface area contributed by atoms with Crippen molar-refractivity contribution >= 4 is 16.6 Å². The topological polar surface area (TPSA) is 28.2 Å². The highest BCUT2D eigenvalue weighted by Gasteiger charge is 2.08. The summed E-state index contributed by atoms with van der Waals surface area (Å²) in [6.07, 6.45) is 3.06. The molecule has 3 nitrogen and oxygen atoms in total. The highest BCUT2D eigenvalue weighted by molar-refractivity contribution is 5.91. The number of hydrogen-bond acceptors (Lipinski definition) is 3. The molecular weight excluding hydrogens is 222 g/mol. The van der Waals surface area contributed by atoms with Crippen LogP contribution in [-0.4, -0.2) is 31.7 Å². The van der Waals surface area contributed by atoms with Crippen LogP contribution in [0.25, 0.3) is 10.9 Å². The molecule has 0 spiro atoms. The number of benzene rings is 1. The van der Waals surface area contributed by atoms with Crippen molar-refractivity contribution in [1.82, 2.24) is 10.3 Å². The molecule has 0 unspecified atom stereocenters. The number of nitrogens with one attached hydrogen (secondary N) is 1. The minimum absolute atomic E-state index is 0.997. The quantitative estimate of drug-likeness (QED) is 0.845. The van der Waals surface area contributed by atoms with E-state index in [0.717, 1.165) is 31.6 Å². The first-order valence-corrected chi connectivity index (χ1v) is 6.60. The summed E-state index contributed by atoms with van der Waals surface area (Å²) in [4.78, 5) is 6.85. The number of aromatic nitrogens is 1. The molecule has 1 aromatic carbocycles. The summed E-state index contributed by atoms with van der Waals surface area (Å²) in [5.41, 5.74) is 2.36. The van der Waals surface area contributed by atoms with Gasteiger partial charge < -0.3 is 10.2 Å². The van der Waals surface area contributed by atoms with Crippen LogP contribution in [0.3, 0.4) is 0 Å². The van der Waals surface area contributed by atoms with Gasteiger partial charge in [0.25, 0.3) is 0 Å². The molecule has 0 aliphatic carbocycles. The van der Waals surface area contributed by atoms with Crippen LogP contribution in [0.1, 0.15) is 13.3 Å². The molecule has 2 aromatic rings. The molecule has 1 N–H and O–H groups in total. The van der Waals surface area contributed by atoms with Crippen LogP contribution in [-0.2, 0) is 0 Å². The largest absolute Gasteiger partial charge is 0.370 e. The van der Waals surface area contributed by atoms with Crippen molar-refractivity contribution in [3.8, 4) is 0 Å². The maximum absolute atomic E-state index is 4.42. The van der Waals surface area contributed by atoms with Crippen LogP contribution >= 0.6 is 0 Å². The van der Waals surface area contributed by atoms with Crippen molar-refractivity contribution in [2.75, 3.05) is 31.6 Å². The Bertz CT molecular complexity index is 491. The number of anilines is 1. The molecule has 0 atom stereocenters. The van der Waals surface area contributed by atoms with E-state index >= 15 is 0 Å². The highest BCUT2D eigenvalue weighted by atomic mass is 15.1. The number of pyridine rings is 1. The number of hydrogen-bond donors (Lipinski definition) is 1. The van der Waals surface area contributed by atoms with Crippen LogP contribution in [0.4, 0.5) is 5.69 Å². The van der Waals surface area contributed by atoms with E-state index in [2.05, 4.69) is 46.4 Å². The SMILES string of the molecule is CCCN(CCNC)c1ccnc2ccccc12. The molecule has 96 valence electrons. The van der Waals surface area contributed by atoms with Gasteiger partial charge in [-0.05, 0) is 25.6 Å². The summed E-state index contributed by atoms with van der Waals surface area (Å²) in [7, 11) is 1.99. The van der Waals surface area contributed by atoms with E-state index in [-0.39, 0.29) is 0 Å². The molecule has 3 heteroatoms. The third-order valence-corrected chi connectivity index (χ3v) is 3.09. The molecule has 0 saturated heterocycles. The second-order valence-corrected chi connectivity index (χ2v) is 4.44. The first kappa shape index (κ1) is 12.8. The Morgan fingerprint density at radius 3 is 2.78 bits per heavy atom. The summed E-state index contributed by atoms with van der Waals surface area (Å²) >= 11 is 0. The second kappa shape index (κ2) is 6.36. The van der Waals surface area contributed by atoms with E-state index in [1.54, 1.807) is 0 Å². The average molecular weight is 243 g/mol. The maximum Gasteiger partial charge on any atom is 0.0722 e. The minimum atomic E-state index is 0.997. The third kappa shape index (κ3) is 2.79. The van der Waals surface area contributed by atoms with Crippen LogP contribution in [0.5, 0.6) is 0 Å². The second-order valence-electron chi connectivity index (χ2n) is 4.44. The van der Waals surface area contributed by atoms with Gasteiger partial charge in [-0.2, -0.15) is 0 Å². The smallest absolute Gasteiger partial charge is 0.0722 e. The van der Waals surface area contributed by atoms with Crippen molar-refractivity contribution in [2.24, 2.45) is 0 Å². The number of para-hydroxylation sites is 1. The average Bonchev–Trinajstić information content (AvgIpc) is 2.43. The Morgan fingerprint density at radius 1 is 1.17 bits per heavy atom. The molecule has 18 heavy (non-hydrogen) atoms. The van der Waals surface area contributed by atoms with Gasteiger partial charge >= 0.3 is 0 Å². The van der Waals surface area contributed by atoms with Crippen molar-refractivity contribution in [1.29, 1.82) is 0 Å². The highest BCUT2D eigenvalue weighted by Crippen LogP contribution is 2.24. The van der Waals surface area contributed by atoms with Crippen LogP contribution in [0.15, 0.2) is 36.5 Å². The van der Waals surface area contributed by atoms with Gasteiger partial charge in [0, 0.05) is 36.9 Å². The Hall–Kier alpha value is -1.61. The van der Waals surface area contributed by atoms with Crippen molar-refractivity contribution in [3.05, 3.63) is 36.5 Å². The first-order chi connectivity index (χ1) is 8.86. The maximum atomic E-state index is 4.42. The molecule has 0 fully saturated rings. The summed E-state index contributed by atoms with van der Waals surface area (Å²) in [6, 6.07) is 10.5. The number of rotatable bonds is 6. The number of nitrogens with zero attached hydrogens (tertiary/aromatic N) is 2. The fourth-order valence-corrected chi connectivity index (χ4v) is 2.23. The lowest BCUT2D eigenvalue weighted by Gasteiger charge is -2.25. The zero-order valence-electron chi connectivity index (χ0n) is 11.2. The van der Waals surface area contributed by atoms with Gasteiger partial charge in [0.1, 0.15) is 0 Å². The van der Waals surface area contributed by atoms with E-state index in [1.165, 1.54) is 11.1 Å². The van der Waals surface area contributed by atoms with Gasteiger partial charge in [-0.15, -0.1) is 0 Å². The molecular formula is C15H21N3. The Labute approximate surface area is 109 Å². The number of fused-ring (bicyclic) bond motifs is 1. The molecule has 0 radical (unpaired) electrons. The van der Waals surface area contributed by atoms with E-state index in [4.69, 9.17) is 0 Å². The summed E-state index contributed by atoms with van der Waals surface area (Å²) in [6.45, 7) is 5.32. The standard InChI is InChI=1S/C15H21N3/c1-3-11-18(12-10-16-2)15-8-9-17-14-7-5-4-6-13(14)15/h4-9,16H,3,10-12H2,1-2H3. The van der Waals surface area contributed by atoms with Gasteiger partial charge in [-0.1, -0.05) is 25.1 Å². The predicted molar refractivity (Wildman–Crippen MR) is 78.2 cm³/mol. The monoisotopic (exact) mass is 243 g/mol. The van der Waals surface area contributed by atoms with E-state index in [1.807, 2.05) is 19.3 Å². The van der Waals surface area contributed by atoms with E-state index in [0.29, 0.717) is 0 Å². The Kier molecular flexibility index (Phi) is 4.53. The lowest BCUT2D eigenvalue weighted by Crippen LogP contribution is -2.31. The van der Waals surface area contributed by atoms with E-state index < -0.39 is 0 Å². The lowest BCUT2D eigenvalue weighted by molar-refractivity contribution is 0.711. The van der Waals surface area contributed by atoms with E-state index in [9.17, 15) is 0 Å². The van der Waals surface area contributed by atoms with Crippen LogP contribution < -0.4 is 10.2 Å². The Balaban J connectivity index is 2.36. The Morgan fingerprint density at radius 2 is 2.00 bits per heavy atom. The van der Waals surface area contributed by atoms with Gasteiger partial charge in [0.05, 0.1) is 5.52 Å². The zero-order valence-corrected chi connectivity index (χ0v) is 11.2. The fourth-order valence-electron chi connectivity index (χ4n) is 2.23. The fraction of sp³-hybridized carbons (Fsp3) is 0.400. The number of likely N-dealkylation sites (N-methyl/N-ethyl adjacent to an activating group) is 1. The van der Waals surface area contributed by atoms with Crippen LogP contribution in [0.2, 0.25) is 0 Å². The molecule has 1 aromatic heterocycles. The molecule has 1 heterocycles. The van der Waals surface area contributed by atoms with Crippen molar-refractivity contribution in [3.63, 3.8) is 0 Å². The first-order valence-electron chi connectivity index (χ1n) is 6.60. The van der Waals surface area contributed by atoms with Gasteiger partial charge in [-0.25, -0.2) is 0 Å². The molecule has 0 aliphatic rings. The summed E-state index contributed by atoms with van der Waals surface area (Å²) in [5.74, 6) is 0. The van der Waals surface area contributed by atoms with Crippen LogP contribution in [0, 0.1) is 0 Å². The van der Waals surface area contributed by atoms with Crippen molar-refractivity contribution in [2.45, 2.75) is 13.3 Å². The van der Waals surface area contributed by atoms with Gasteiger partial charge in [0.15, 0.2) is 0 Å². The predicted octanol–water partition coefficient (Wildman–Crippen LogP) is 2.67. The zero-order chi connectivity index (χ0) is 12.8. The van der Waals surface area contributed by atoms with Crippen molar-refractivity contribution < 1.29 is 0 Å². The summed E-state index contributed by atoms with van der Waals surface area (Å²) in [5, 5.41) is 4.46. The minimum Gasteiger partial charge on any atom is -0.370 e. The molecule has 0 amide bonds. The molecule has 0 aliphatic heterocycles. The normalized spacial score (nSPS) is 10.8. The third-order valence-electron chi connectivity index (χ3n) is 3.09. The van der Waals surface area contributed by atoms with Gasteiger partial charge in [0.2, 0.25) is 0 Å². The molecule has 0 saturated carbocycles. The van der Waals surface area contributed by atoms with Gasteiger partial charge in [-0.3, -0.25) is 4.98 Å². The molecule has 2 rings (SSSR count).